The highest BCUT2D eigenvalue weighted by molar-refractivity contribution is 7.92. The van der Waals surface area contributed by atoms with Gasteiger partial charge in [-0.15, -0.1) is 0 Å². The quantitative estimate of drug-likeness (QED) is 0.909. The Morgan fingerprint density at radius 3 is 2.22 bits per heavy atom. The Kier molecular flexibility index (Phi) is 4.77. The molecule has 0 aliphatic carbocycles. The highest BCUT2D eigenvalue weighted by atomic mass is 32.2. The number of hydrogen-bond acceptors (Lipinski definition) is 5. The van der Waals surface area contributed by atoms with E-state index in [0.29, 0.717) is 22.6 Å². The molecule has 0 aliphatic heterocycles. The maximum Gasteiger partial charge on any atom is 0.265 e. The van der Waals surface area contributed by atoms with Gasteiger partial charge in [-0.3, -0.25) is 4.72 Å². The van der Waals surface area contributed by atoms with Crippen LogP contribution in [0.3, 0.4) is 0 Å². The van der Waals surface area contributed by atoms with Gasteiger partial charge in [-0.25, -0.2) is 8.42 Å². The first-order valence-electron chi connectivity index (χ1n) is 6.67. The van der Waals surface area contributed by atoms with Crippen LogP contribution < -0.4 is 14.2 Å². The largest absolute Gasteiger partial charge is 0.496 e. The van der Waals surface area contributed by atoms with Crippen LogP contribution in [0.1, 0.15) is 11.1 Å². The zero-order chi connectivity index (χ0) is 17.0. The molecule has 0 aromatic heterocycles. The van der Waals surface area contributed by atoms with E-state index < -0.39 is 10.0 Å². The standard InChI is InChI=1S/C16H16N2O4S/c1-11-14(21-2)8-9-15(16(11)22-3)23(19,20)18-13-6-4-12(10-17)5-7-13/h4-9,18H,1-3H3. The van der Waals surface area contributed by atoms with E-state index in [4.69, 9.17) is 14.7 Å². The number of ether oxygens (including phenoxy) is 2. The lowest BCUT2D eigenvalue weighted by Crippen LogP contribution is -2.14. The summed E-state index contributed by atoms with van der Waals surface area (Å²) in [5.74, 6) is 0.768. The molecule has 7 heteroatoms. The monoisotopic (exact) mass is 332 g/mol. The van der Waals surface area contributed by atoms with Gasteiger partial charge in [0.25, 0.3) is 10.0 Å². The van der Waals surface area contributed by atoms with E-state index in [-0.39, 0.29) is 10.6 Å². The summed E-state index contributed by atoms with van der Waals surface area (Å²) in [6, 6.07) is 11.1. The van der Waals surface area contributed by atoms with Crippen molar-refractivity contribution < 1.29 is 17.9 Å². The van der Waals surface area contributed by atoms with Gasteiger partial charge in [0.2, 0.25) is 0 Å². The molecule has 0 radical (unpaired) electrons. The molecular weight excluding hydrogens is 316 g/mol. The number of hydrogen-bond donors (Lipinski definition) is 1. The third-order valence-electron chi connectivity index (χ3n) is 3.30. The van der Waals surface area contributed by atoms with Crippen molar-refractivity contribution in [2.45, 2.75) is 11.8 Å². The van der Waals surface area contributed by atoms with E-state index >= 15 is 0 Å². The van der Waals surface area contributed by atoms with Crippen LogP contribution in [0, 0.1) is 18.3 Å². The molecule has 0 spiro atoms. The third-order valence-corrected chi connectivity index (χ3v) is 4.70. The number of benzene rings is 2. The molecular formula is C16H16N2O4S. The molecule has 0 saturated heterocycles. The second kappa shape index (κ2) is 6.58. The lowest BCUT2D eigenvalue weighted by molar-refractivity contribution is 0.380. The normalized spacial score (nSPS) is 10.7. The molecule has 0 bridgehead atoms. The summed E-state index contributed by atoms with van der Waals surface area (Å²) in [4.78, 5) is 0.0164. The van der Waals surface area contributed by atoms with Crippen LogP contribution in [-0.2, 0) is 10.0 Å². The summed E-state index contributed by atoms with van der Waals surface area (Å²) < 4.78 is 38.1. The highest BCUT2D eigenvalue weighted by Crippen LogP contribution is 2.34. The molecule has 2 aromatic rings. The lowest BCUT2D eigenvalue weighted by atomic mass is 10.2. The molecule has 0 aliphatic rings. The van der Waals surface area contributed by atoms with Crippen LogP contribution >= 0.6 is 0 Å². The van der Waals surface area contributed by atoms with Crippen LogP contribution in [-0.4, -0.2) is 22.6 Å². The predicted octanol–water partition coefficient (Wildman–Crippen LogP) is 2.68. The molecule has 2 aromatic carbocycles. The minimum absolute atomic E-state index is 0.0164. The number of methoxy groups -OCH3 is 2. The van der Waals surface area contributed by atoms with Crippen molar-refractivity contribution in [1.29, 1.82) is 5.26 Å². The molecule has 0 saturated carbocycles. The van der Waals surface area contributed by atoms with E-state index in [1.54, 1.807) is 13.0 Å². The van der Waals surface area contributed by atoms with Crippen molar-refractivity contribution in [2.24, 2.45) is 0 Å². The van der Waals surface area contributed by atoms with Crippen LogP contribution in [0.2, 0.25) is 0 Å². The van der Waals surface area contributed by atoms with Crippen molar-refractivity contribution in [1.82, 2.24) is 0 Å². The smallest absolute Gasteiger partial charge is 0.265 e. The SMILES string of the molecule is COc1ccc(S(=O)(=O)Nc2ccc(C#N)cc2)c(OC)c1C. The van der Waals surface area contributed by atoms with Crippen molar-refractivity contribution in [2.75, 3.05) is 18.9 Å². The van der Waals surface area contributed by atoms with E-state index in [1.807, 2.05) is 6.07 Å². The molecule has 23 heavy (non-hydrogen) atoms. The Hall–Kier alpha value is -2.72. The number of nitrogens with one attached hydrogen (secondary N) is 1. The Labute approximate surface area is 135 Å². The van der Waals surface area contributed by atoms with Gasteiger partial charge in [0.1, 0.15) is 16.4 Å². The molecule has 120 valence electrons. The molecule has 6 nitrogen and oxygen atoms in total. The number of sulfonamides is 1. The fourth-order valence-corrected chi connectivity index (χ4v) is 3.44. The van der Waals surface area contributed by atoms with Crippen LogP contribution in [0.5, 0.6) is 11.5 Å². The van der Waals surface area contributed by atoms with E-state index in [0.717, 1.165) is 0 Å². The zero-order valence-electron chi connectivity index (χ0n) is 13.0. The Bertz CT molecular complexity index is 853. The average molecular weight is 332 g/mol. The van der Waals surface area contributed by atoms with E-state index in [9.17, 15) is 8.42 Å². The van der Waals surface area contributed by atoms with Crippen molar-refractivity contribution in [3.63, 3.8) is 0 Å². The number of anilines is 1. The molecule has 0 heterocycles. The average Bonchev–Trinajstić information content (AvgIpc) is 2.54. The van der Waals surface area contributed by atoms with Gasteiger partial charge in [-0.05, 0) is 43.3 Å². The summed E-state index contributed by atoms with van der Waals surface area (Å²) in [6.45, 7) is 1.72. The van der Waals surface area contributed by atoms with Crippen molar-refractivity contribution >= 4 is 15.7 Å². The molecule has 1 N–H and O–H groups in total. The fourth-order valence-electron chi connectivity index (χ4n) is 2.16. The van der Waals surface area contributed by atoms with Gasteiger partial charge in [0.15, 0.2) is 0 Å². The minimum atomic E-state index is -3.84. The first-order chi connectivity index (χ1) is 10.9. The van der Waals surface area contributed by atoms with E-state index in [2.05, 4.69) is 4.72 Å². The summed E-state index contributed by atoms with van der Waals surface area (Å²) in [6.07, 6.45) is 0. The van der Waals surface area contributed by atoms with Gasteiger partial charge in [0, 0.05) is 11.3 Å². The van der Waals surface area contributed by atoms with Gasteiger partial charge in [0.05, 0.1) is 25.9 Å². The summed E-state index contributed by atoms with van der Waals surface area (Å²) in [5.41, 5.74) is 1.41. The maximum absolute atomic E-state index is 12.6. The first kappa shape index (κ1) is 16.6. The van der Waals surface area contributed by atoms with Crippen LogP contribution in [0.25, 0.3) is 0 Å². The molecule has 0 atom stereocenters. The molecule has 0 unspecified atom stereocenters. The van der Waals surface area contributed by atoms with E-state index in [1.165, 1.54) is 44.6 Å². The minimum Gasteiger partial charge on any atom is -0.496 e. The maximum atomic E-state index is 12.6. The van der Waals surface area contributed by atoms with Gasteiger partial charge in [-0.1, -0.05) is 0 Å². The van der Waals surface area contributed by atoms with Crippen molar-refractivity contribution in [3.05, 3.63) is 47.5 Å². The van der Waals surface area contributed by atoms with Crippen LogP contribution in [0.4, 0.5) is 5.69 Å². The highest BCUT2D eigenvalue weighted by Gasteiger charge is 2.23. The molecule has 2 rings (SSSR count). The first-order valence-corrected chi connectivity index (χ1v) is 8.16. The second-order valence-electron chi connectivity index (χ2n) is 4.72. The van der Waals surface area contributed by atoms with Gasteiger partial charge < -0.3 is 9.47 Å². The number of nitriles is 1. The fraction of sp³-hybridized carbons (Fsp3) is 0.188. The zero-order valence-corrected chi connectivity index (χ0v) is 13.8. The number of nitrogens with zero attached hydrogens (tertiary/aromatic N) is 1. The Morgan fingerprint density at radius 2 is 1.70 bits per heavy atom. The third kappa shape index (κ3) is 3.38. The predicted molar refractivity (Wildman–Crippen MR) is 86.2 cm³/mol. The van der Waals surface area contributed by atoms with Crippen LogP contribution in [0.15, 0.2) is 41.3 Å². The topological polar surface area (TPSA) is 88.4 Å². The second-order valence-corrected chi connectivity index (χ2v) is 6.37. The number of rotatable bonds is 5. The van der Waals surface area contributed by atoms with Gasteiger partial charge in [-0.2, -0.15) is 5.26 Å². The Morgan fingerprint density at radius 1 is 1.04 bits per heavy atom. The summed E-state index contributed by atoms with van der Waals surface area (Å²) in [5, 5.41) is 8.77. The summed E-state index contributed by atoms with van der Waals surface area (Å²) >= 11 is 0. The Balaban J connectivity index is 2.43. The van der Waals surface area contributed by atoms with Crippen molar-refractivity contribution in [3.8, 4) is 17.6 Å². The lowest BCUT2D eigenvalue weighted by Gasteiger charge is -2.15. The molecule has 0 amide bonds. The van der Waals surface area contributed by atoms with Gasteiger partial charge >= 0.3 is 0 Å². The molecule has 0 fully saturated rings. The summed E-state index contributed by atoms with van der Waals surface area (Å²) in [7, 11) is -0.926.